The summed E-state index contributed by atoms with van der Waals surface area (Å²) in [7, 11) is 0. The zero-order valence-electron chi connectivity index (χ0n) is 9.61. The largest absolute Gasteiger partial charge is 0.422 e. The van der Waals surface area contributed by atoms with E-state index in [1.54, 1.807) is 0 Å². The lowest BCUT2D eigenvalue weighted by Gasteiger charge is -2.10. The van der Waals surface area contributed by atoms with Gasteiger partial charge < -0.3 is 4.42 Å². The fourth-order valence-corrected chi connectivity index (χ4v) is 2.43. The maximum Gasteiger partial charge on any atom is 0.343 e. The van der Waals surface area contributed by atoms with E-state index in [0.29, 0.717) is 5.58 Å². The van der Waals surface area contributed by atoms with Crippen molar-refractivity contribution < 1.29 is 4.42 Å². The minimum absolute atomic E-state index is 0.211. The number of hydrogen-bond acceptors (Lipinski definition) is 2. The van der Waals surface area contributed by atoms with Crippen LogP contribution in [0.15, 0.2) is 39.6 Å². The van der Waals surface area contributed by atoms with Crippen LogP contribution in [0.3, 0.4) is 0 Å². The monoisotopic (exact) mass is 226 g/mol. The Labute approximate surface area is 99.6 Å². The van der Waals surface area contributed by atoms with Crippen LogP contribution in [-0.2, 0) is 6.42 Å². The van der Waals surface area contributed by atoms with E-state index < -0.39 is 0 Å². The maximum absolute atomic E-state index is 11.9. The number of aryl methyl sites for hydroxylation is 1. The zero-order valence-corrected chi connectivity index (χ0v) is 9.61. The van der Waals surface area contributed by atoms with Crippen LogP contribution in [-0.4, -0.2) is 0 Å². The Balaban J connectivity index is 2.37. The van der Waals surface area contributed by atoms with Gasteiger partial charge in [0.15, 0.2) is 0 Å². The molecule has 1 aromatic carbocycles. The number of allylic oxidation sites excluding steroid dienone is 1. The van der Waals surface area contributed by atoms with Gasteiger partial charge in [0, 0.05) is 5.39 Å². The Bertz CT molecular complexity index is 635. The molecular formula is C15H14O2. The van der Waals surface area contributed by atoms with Gasteiger partial charge >= 0.3 is 5.63 Å². The van der Waals surface area contributed by atoms with Crippen LogP contribution in [0.2, 0.25) is 0 Å². The highest BCUT2D eigenvalue weighted by molar-refractivity contribution is 5.83. The molecule has 3 rings (SSSR count). The van der Waals surface area contributed by atoms with E-state index in [9.17, 15) is 4.79 Å². The predicted octanol–water partition coefficient (Wildman–Crippen LogP) is 3.53. The number of benzene rings is 1. The second-order valence-corrected chi connectivity index (χ2v) is 4.43. The summed E-state index contributed by atoms with van der Waals surface area (Å²) in [6, 6.07) is 7.79. The normalized spacial score (nSPS) is 17.2. The summed E-state index contributed by atoms with van der Waals surface area (Å²) >= 11 is 0. The minimum Gasteiger partial charge on any atom is -0.422 e. The van der Waals surface area contributed by atoms with E-state index in [4.69, 9.17) is 4.42 Å². The van der Waals surface area contributed by atoms with Crippen molar-refractivity contribution in [1.29, 1.82) is 0 Å². The van der Waals surface area contributed by atoms with Gasteiger partial charge in [0.25, 0.3) is 0 Å². The van der Waals surface area contributed by atoms with Gasteiger partial charge in [-0.05, 0) is 37.3 Å². The Kier molecular flexibility index (Phi) is 2.56. The smallest absolute Gasteiger partial charge is 0.343 e. The molecule has 2 aromatic rings. The molecule has 0 atom stereocenters. The first kappa shape index (κ1) is 10.3. The van der Waals surface area contributed by atoms with Crippen LogP contribution in [0, 0.1) is 0 Å². The van der Waals surface area contributed by atoms with Crippen molar-refractivity contribution in [2.45, 2.75) is 25.7 Å². The first-order valence-corrected chi connectivity index (χ1v) is 6.07. The van der Waals surface area contributed by atoms with Crippen LogP contribution in [0.5, 0.6) is 0 Å². The van der Waals surface area contributed by atoms with Crippen molar-refractivity contribution in [1.82, 2.24) is 0 Å². The van der Waals surface area contributed by atoms with Gasteiger partial charge in [-0.1, -0.05) is 30.4 Å². The highest BCUT2D eigenvalue weighted by Crippen LogP contribution is 2.24. The van der Waals surface area contributed by atoms with Crippen molar-refractivity contribution in [2.24, 2.45) is 0 Å². The Hall–Kier alpha value is -1.83. The van der Waals surface area contributed by atoms with Gasteiger partial charge in [0.2, 0.25) is 0 Å². The summed E-state index contributed by atoms with van der Waals surface area (Å²) in [5, 5.41) is 1.08. The molecule has 1 heterocycles. The molecule has 0 fully saturated rings. The predicted molar refractivity (Wildman–Crippen MR) is 69.1 cm³/mol. The number of fused-ring (bicyclic) bond motifs is 3. The van der Waals surface area contributed by atoms with Gasteiger partial charge in [-0.2, -0.15) is 0 Å². The number of hydrogen-bond donors (Lipinski definition) is 0. The average molecular weight is 226 g/mol. The molecule has 0 aliphatic heterocycles. The van der Waals surface area contributed by atoms with Crippen LogP contribution in [0.25, 0.3) is 17.0 Å². The first-order valence-electron chi connectivity index (χ1n) is 6.07. The molecule has 0 N–H and O–H groups in total. The third kappa shape index (κ3) is 1.80. The summed E-state index contributed by atoms with van der Waals surface area (Å²) in [5.41, 5.74) is 2.37. The molecule has 0 radical (unpaired) electrons. The van der Waals surface area contributed by atoms with Gasteiger partial charge in [0.1, 0.15) is 5.58 Å². The average Bonchev–Trinajstić information content (AvgIpc) is 2.29. The second kappa shape index (κ2) is 4.21. The Morgan fingerprint density at radius 3 is 2.94 bits per heavy atom. The summed E-state index contributed by atoms with van der Waals surface area (Å²) in [4.78, 5) is 11.9. The van der Waals surface area contributed by atoms with Gasteiger partial charge in [0.05, 0.1) is 5.56 Å². The van der Waals surface area contributed by atoms with Crippen molar-refractivity contribution >= 4 is 17.0 Å². The summed E-state index contributed by atoms with van der Waals surface area (Å²) in [6.45, 7) is 0. The lowest BCUT2D eigenvalue weighted by Crippen LogP contribution is -2.09. The third-order valence-corrected chi connectivity index (χ3v) is 3.29. The van der Waals surface area contributed by atoms with Gasteiger partial charge in [-0.25, -0.2) is 4.79 Å². The summed E-state index contributed by atoms with van der Waals surface area (Å²) in [5.74, 6) is 0. The van der Waals surface area contributed by atoms with E-state index in [2.05, 4.69) is 6.08 Å². The molecule has 17 heavy (non-hydrogen) atoms. The summed E-state index contributed by atoms with van der Waals surface area (Å²) in [6.07, 6.45) is 8.32. The van der Waals surface area contributed by atoms with Crippen LogP contribution >= 0.6 is 0 Å². The third-order valence-electron chi connectivity index (χ3n) is 3.29. The fraction of sp³-hybridized carbons (Fsp3) is 0.267. The molecule has 1 aromatic heterocycles. The highest BCUT2D eigenvalue weighted by atomic mass is 16.4. The van der Waals surface area contributed by atoms with E-state index in [1.165, 1.54) is 6.42 Å². The molecule has 0 saturated carbocycles. The van der Waals surface area contributed by atoms with Crippen molar-refractivity contribution in [2.75, 3.05) is 0 Å². The van der Waals surface area contributed by atoms with E-state index in [1.807, 2.05) is 30.3 Å². The lowest BCUT2D eigenvalue weighted by atomic mass is 9.96. The number of para-hydroxylation sites is 1. The van der Waals surface area contributed by atoms with Crippen LogP contribution in [0.1, 0.15) is 30.4 Å². The van der Waals surface area contributed by atoms with Crippen LogP contribution in [0.4, 0.5) is 0 Å². The lowest BCUT2D eigenvalue weighted by molar-refractivity contribution is 0.555. The maximum atomic E-state index is 11.9. The SMILES string of the molecule is O=c1oc2ccccc2c2c1/C=C\CCCC2. The molecule has 2 nitrogen and oxygen atoms in total. The van der Waals surface area contributed by atoms with Crippen molar-refractivity contribution in [3.63, 3.8) is 0 Å². The quantitative estimate of drug-likeness (QED) is 0.643. The molecule has 0 amide bonds. The molecule has 0 bridgehead atoms. The second-order valence-electron chi connectivity index (χ2n) is 4.43. The standard InChI is InChI=1S/C15H14O2/c16-15-13-9-4-2-1-3-7-11(13)12-8-5-6-10-14(12)17-15/h4-6,8-10H,1-3,7H2/b9-4-. The minimum atomic E-state index is -0.211. The van der Waals surface area contributed by atoms with Crippen molar-refractivity contribution in [3.05, 3.63) is 51.9 Å². The van der Waals surface area contributed by atoms with E-state index in [0.717, 1.165) is 35.8 Å². The molecule has 0 unspecified atom stereocenters. The molecule has 1 aliphatic carbocycles. The van der Waals surface area contributed by atoms with Crippen LogP contribution < -0.4 is 5.63 Å². The van der Waals surface area contributed by atoms with Gasteiger partial charge in [-0.3, -0.25) is 0 Å². The van der Waals surface area contributed by atoms with Gasteiger partial charge in [-0.15, -0.1) is 0 Å². The van der Waals surface area contributed by atoms with Crippen molar-refractivity contribution in [3.8, 4) is 0 Å². The zero-order chi connectivity index (χ0) is 11.7. The topological polar surface area (TPSA) is 30.2 Å². The fourth-order valence-electron chi connectivity index (χ4n) is 2.43. The molecule has 1 aliphatic rings. The first-order chi connectivity index (χ1) is 8.36. The van der Waals surface area contributed by atoms with E-state index >= 15 is 0 Å². The van der Waals surface area contributed by atoms with E-state index in [-0.39, 0.29) is 5.63 Å². The Morgan fingerprint density at radius 1 is 1.12 bits per heavy atom. The molecule has 86 valence electrons. The molecular weight excluding hydrogens is 212 g/mol. The molecule has 0 spiro atoms. The highest BCUT2D eigenvalue weighted by Gasteiger charge is 2.12. The summed E-state index contributed by atoms with van der Waals surface area (Å²) < 4.78 is 5.35. The Morgan fingerprint density at radius 2 is 2.00 bits per heavy atom. The number of rotatable bonds is 0. The molecule has 0 saturated heterocycles. The molecule has 2 heteroatoms.